The Morgan fingerprint density at radius 3 is 3.07 bits per heavy atom. The van der Waals surface area contributed by atoms with E-state index >= 15 is 0 Å². The highest BCUT2D eigenvalue weighted by Gasteiger charge is 2.37. The van der Waals surface area contributed by atoms with Gasteiger partial charge in [-0.15, -0.1) is 0 Å². The Kier molecular flexibility index (Phi) is 2.47. The summed E-state index contributed by atoms with van der Waals surface area (Å²) in [7, 11) is 0. The van der Waals surface area contributed by atoms with Gasteiger partial charge < -0.3 is 15.6 Å². The van der Waals surface area contributed by atoms with E-state index in [0.29, 0.717) is 11.7 Å². The van der Waals surface area contributed by atoms with Gasteiger partial charge in [0.1, 0.15) is 5.60 Å². The summed E-state index contributed by atoms with van der Waals surface area (Å²) < 4.78 is 5.26. The molecule has 0 saturated carbocycles. The third-order valence-electron chi connectivity index (χ3n) is 2.75. The quantitative estimate of drug-likeness (QED) is 0.769. The minimum absolute atomic E-state index is 0.155. The largest absolute Gasteiger partial charge is 0.384 e. The van der Waals surface area contributed by atoms with Crippen molar-refractivity contribution < 1.29 is 9.84 Å². The summed E-state index contributed by atoms with van der Waals surface area (Å²) in [5.74, 6) is 0.155. The summed E-state index contributed by atoms with van der Waals surface area (Å²) in [6.45, 7) is 3.15. The molecule has 0 aromatic carbocycles. The van der Waals surface area contributed by atoms with Crippen LogP contribution >= 0.6 is 11.3 Å². The number of nitrogens with zero attached hydrogens (tertiary/aromatic N) is 1. The molecule has 2 heterocycles. The summed E-state index contributed by atoms with van der Waals surface area (Å²) in [6, 6.07) is 0. The van der Waals surface area contributed by atoms with Crippen molar-refractivity contribution in [1.82, 2.24) is 4.98 Å². The van der Waals surface area contributed by atoms with Crippen LogP contribution in [0.2, 0.25) is 0 Å². The maximum absolute atomic E-state index is 10.3. The Bertz CT molecular complexity index is 318. The molecular weight excluding hydrogens is 200 g/mol. The molecule has 0 spiro atoms. The van der Waals surface area contributed by atoms with Crippen molar-refractivity contribution in [2.24, 2.45) is 5.92 Å². The Morgan fingerprint density at radius 1 is 1.79 bits per heavy atom. The summed E-state index contributed by atoms with van der Waals surface area (Å²) in [4.78, 5) is 4.77. The topological polar surface area (TPSA) is 68.4 Å². The standard InChI is InChI=1S/C9H14N2O2S/c1-9(12,6-2-3-13-5-6)7-4-11-8(10)14-7/h4,6,12H,2-3,5H2,1H3,(H2,10,11). The van der Waals surface area contributed by atoms with E-state index in [-0.39, 0.29) is 5.92 Å². The monoisotopic (exact) mass is 214 g/mol. The second-order valence-electron chi connectivity index (χ2n) is 3.77. The van der Waals surface area contributed by atoms with Crippen LogP contribution in [0, 0.1) is 5.92 Å². The van der Waals surface area contributed by atoms with Crippen molar-refractivity contribution in [3.63, 3.8) is 0 Å². The third-order valence-corrected chi connectivity index (χ3v) is 3.80. The van der Waals surface area contributed by atoms with Gasteiger partial charge in [-0.05, 0) is 13.3 Å². The molecule has 14 heavy (non-hydrogen) atoms. The van der Waals surface area contributed by atoms with Crippen LogP contribution in [0.25, 0.3) is 0 Å². The SMILES string of the molecule is CC(O)(c1cnc(N)s1)C1CCOC1. The van der Waals surface area contributed by atoms with Crippen LogP contribution in [0.5, 0.6) is 0 Å². The zero-order valence-corrected chi connectivity index (χ0v) is 8.88. The first kappa shape index (κ1) is 9.89. The van der Waals surface area contributed by atoms with E-state index in [1.54, 1.807) is 13.1 Å². The lowest BCUT2D eigenvalue weighted by atomic mass is 9.88. The van der Waals surface area contributed by atoms with Crippen molar-refractivity contribution in [1.29, 1.82) is 0 Å². The van der Waals surface area contributed by atoms with Crippen molar-refractivity contribution in [3.8, 4) is 0 Å². The van der Waals surface area contributed by atoms with Gasteiger partial charge in [0.15, 0.2) is 5.13 Å². The average molecular weight is 214 g/mol. The van der Waals surface area contributed by atoms with E-state index in [4.69, 9.17) is 10.5 Å². The molecule has 2 unspecified atom stereocenters. The normalized spacial score (nSPS) is 26.3. The minimum atomic E-state index is -0.855. The maximum atomic E-state index is 10.3. The van der Waals surface area contributed by atoms with E-state index in [1.165, 1.54) is 11.3 Å². The molecule has 0 bridgehead atoms. The van der Waals surface area contributed by atoms with Gasteiger partial charge in [0.05, 0.1) is 11.5 Å². The predicted molar refractivity (Wildman–Crippen MR) is 55.0 cm³/mol. The average Bonchev–Trinajstić information content (AvgIpc) is 2.72. The lowest BCUT2D eigenvalue weighted by Crippen LogP contribution is -2.31. The van der Waals surface area contributed by atoms with Gasteiger partial charge in [-0.25, -0.2) is 4.98 Å². The number of aliphatic hydroxyl groups is 1. The van der Waals surface area contributed by atoms with Gasteiger partial charge in [0, 0.05) is 18.7 Å². The van der Waals surface area contributed by atoms with Gasteiger partial charge in [-0.3, -0.25) is 0 Å². The molecule has 5 heteroatoms. The lowest BCUT2D eigenvalue weighted by molar-refractivity contribution is -0.00663. The van der Waals surface area contributed by atoms with E-state index in [0.717, 1.165) is 17.9 Å². The molecule has 1 aliphatic rings. The van der Waals surface area contributed by atoms with Gasteiger partial charge in [0.25, 0.3) is 0 Å². The van der Waals surface area contributed by atoms with Gasteiger partial charge in [-0.2, -0.15) is 0 Å². The molecule has 1 fully saturated rings. The number of thiazole rings is 1. The first-order valence-corrected chi connectivity index (χ1v) is 5.44. The Balaban J connectivity index is 2.22. The fraction of sp³-hybridized carbons (Fsp3) is 0.667. The van der Waals surface area contributed by atoms with Crippen molar-refractivity contribution in [2.75, 3.05) is 18.9 Å². The minimum Gasteiger partial charge on any atom is -0.384 e. The highest BCUT2D eigenvalue weighted by molar-refractivity contribution is 7.15. The molecule has 0 aliphatic carbocycles. The number of ether oxygens (including phenoxy) is 1. The molecule has 2 atom stereocenters. The lowest BCUT2D eigenvalue weighted by Gasteiger charge is -2.27. The Morgan fingerprint density at radius 2 is 2.57 bits per heavy atom. The summed E-state index contributed by atoms with van der Waals surface area (Å²) in [5.41, 5.74) is 4.68. The molecule has 0 amide bonds. The number of nitrogens with two attached hydrogens (primary N) is 1. The van der Waals surface area contributed by atoms with Gasteiger partial charge in [-0.1, -0.05) is 11.3 Å². The van der Waals surface area contributed by atoms with E-state index < -0.39 is 5.60 Å². The molecule has 2 rings (SSSR count). The fourth-order valence-corrected chi connectivity index (χ4v) is 2.51. The number of aromatic nitrogens is 1. The zero-order chi connectivity index (χ0) is 10.2. The zero-order valence-electron chi connectivity index (χ0n) is 8.06. The molecule has 1 saturated heterocycles. The first-order chi connectivity index (χ1) is 6.60. The van der Waals surface area contributed by atoms with E-state index in [9.17, 15) is 5.11 Å². The maximum Gasteiger partial charge on any atom is 0.180 e. The van der Waals surface area contributed by atoms with Crippen LogP contribution in [0.4, 0.5) is 5.13 Å². The molecule has 1 aliphatic heterocycles. The van der Waals surface area contributed by atoms with Crippen LogP contribution in [-0.4, -0.2) is 23.3 Å². The third kappa shape index (κ3) is 1.63. The molecule has 78 valence electrons. The molecule has 1 aromatic rings. The second kappa shape index (κ2) is 3.49. The van der Waals surface area contributed by atoms with Crippen LogP contribution < -0.4 is 5.73 Å². The first-order valence-electron chi connectivity index (χ1n) is 4.62. The van der Waals surface area contributed by atoms with E-state index in [1.807, 2.05) is 0 Å². The Labute approximate surface area is 86.7 Å². The number of anilines is 1. The van der Waals surface area contributed by atoms with E-state index in [2.05, 4.69) is 4.98 Å². The van der Waals surface area contributed by atoms with Crippen LogP contribution in [0.3, 0.4) is 0 Å². The molecular formula is C9H14N2O2S. The number of rotatable bonds is 2. The predicted octanol–water partition coefficient (Wildman–Crippen LogP) is 0.969. The van der Waals surface area contributed by atoms with Crippen molar-refractivity contribution >= 4 is 16.5 Å². The van der Waals surface area contributed by atoms with Crippen LogP contribution in [0.1, 0.15) is 18.2 Å². The van der Waals surface area contributed by atoms with Crippen molar-refractivity contribution in [3.05, 3.63) is 11.1 Å². The summed E-state index contributed by atoms with van der Waals surface area (Å²) >= 11 is 1.34. The van der Waals surface area contributed by atoms with Crippen LogP contribution in [-0.2, 0) is 10.3 Å². The molecule has 0 radical (unpaired) electrons. The molecule has 3 N–H and O–H groups in total. The number of hydrogen-bond donors (Lipinski definition) is 2. The highest BCUT2D eigenvalue weighted by atomic mass is 32.1. The Hall–Kier alpha value is -0.650. The second-order valence-corrected chi connectivity index (χ2v) is 4.83. The summed E-state index contributed by atoms with van der Waals surface area (Å²) in [6.07, 6.45) is 2.54. The van der Waals surface area contributed by atoms with Crippen molar-refractivity contribution in [2.45, 2.75) is 18.9 Å². The highest BCUT2D eigenvalue weighted by Crippen LogP contribution is 2.37. The van der Waals surface area contributed by atoms with Gasteiger partial charge >= 0.3 is 0 Å². The summed E-state index contributed by atoms with van der Waals surface area (Å²) in [5, 5.41) is 10.8. The number of hydrogen-bond acceptors (Lipinski definition) is 5. The smallest absolute Gasteiger partial charge is 0.180 e. The molecule has 4 nitrogen and oxygen atoms in total. The molecule has 1 aromatic heterocycles. The fourth-order valence-electron chi connectivity index (χ4n) is 1.70. The number of nitrogen functional groups attached to an aromatic ring is 1. The van der Waals surface area contributed by atoms with Gasteiger partial charge in [0.2, 0.25) is 0 Å². The van der Waals surface area contributed by atoms with Crippen LogP contribution in [0.15, 0.2) is 6.20 Å².